The molecule has 202 valence electrons. The Morgan fingerprint density at radius 1 is 0.618 bits per heavy atom. The summed E-state index contributed by atoms with van der Waals surface area (Å²) in [6, 6.07) is 0. The molecule has 0 heterocycles. The number of unbranched alkanes of at least 4 members (excludes halogenated alkanes) is 7. The van der Waals surface area contributed by atoms with E-state index in [1.807, 2.05) is 20.8 Å². The number of ketones is 2. The highest BCUT2D eigenvalue weighted by molar-refractivity contribution is 5.80. The van der Waals surface area contributed by atoms with E-state index in [1.165, 1.54) is 25.7 Å². The molecular formula is C30H58O4. The molecule has 0 aliphatic heterocycles. The van der Waals surface area contributed by atoms with Gasteiger partial charge in [0.1, 0.15) is 11.6 Å². The second kappa shape index (κ2) is 18.5. The summed E-state index contributed by atoms with van der Waals surface area (Å²) in [6.07, 6.45) is 14.3. The normalized spacial score (nSPS) is 14.1. The summed E-state index contributed by atoms with van der Waals surface area (Å²) in [5.41, 5.74) is -0.125. The highest BCUT2D eigenvalue weighted by Gasteiger charge is 2.39. The van der Waals surface area contributed by atoms with Crippen molar-refractivity contribution in [2.45, 2.75) is 151 Å². The van der Waals surface area contributed by atoms with Gasteiger partial charge < -0.3 is 9.47 Å². The molecule has 0 aromatic rings. The molecule has 1 atom stereocenters. The zero-order valence-electron chi connectivity index (χ0n) is 24.1. The van der Waals surface area contributed by atoms with Crippen LogP contribution in [0.3, 0.4) is 0 Å². The average Bonchev–Trinajstić information content (AvgIpc) is 2.74. The molecule has 0 saturated carbocycles. The van der Waals surface area contributed by atoms with E-state index in [4.69, 9.17) is 9.47 Å². The fraction of sp³-hybridized carbons (Fsp3) is 0.933. The van der Waals surface area contributed by atoms with E-state index >= 15 is 0 Å². The Kier molecular flexibility index (Phi) is 18.1. The van der Waals surface area contributed by atoms with E-state index < -0.39 is 5.79 Å². The maximum Gasteiger partial charge on any atom is 0.170 e. The van der Waals surface area contributed by atoms with Crippen molar-refractivity contribution < 1.29 is 19.1 Å². The summed E-state index contributed by atoms with van der Waals surface area (Å²) in [5.74, 6) is 0.988. The SMILES string of the molecule is CC(C)CCCOC(C)(OCCCC(=O)CCCCCCCCCCC(=O)C(C)C)C(C)(C)C. The summed E-state index contributed by atoms with van der Waals surface area (Å²) in [4.78, 5) is 23.8. The van der Waals surface area contributed by atoms with Gasteiger partial charge in [0.05, 0.1) is 13.2 Å². The first kappa shape index (κ1) is 33.3. The Bertz CT molecular complexity index is 532. The predicted molar refractivity (Wildman–Crippen MR) is 144 cm³/mol. The fourth-order valence-corrected chi connectivity index (χ4v) is 3.87. The minimum atomic E-state index is -0.628. The van der Waals surface area contributed by atoms with Gasteiger partial charge in [-0.15, -0.1) is 0 Å². The van der Waals surface area contributed by atoms with Crippen LogP contribution in [0.2, 0.25) is 0 Å². The van der Waals surface area contributed by atoms with Crippen molar-refractivity contribution in [1.29, 1.82) is 0 Å². The smallest absolute Gasteiger partial charge is 0.170 e. The van der Waals surface area contributed by atoms with Crippen LogP contribution in [0.4, 0.5) is 0 Å². The van der Waals surface area contributed by atoms with Crippen molar-refractivity contribution in [1.82, 2.24) is 0 Å². The Morgan fingerprint density at radius 2 is 1.06 bits per heavy atom. The number of carbonyl (C=O) groups is 2. The van der Waals surface area contributed by atoms with Crippen LogP contribution in [-0.4, -0.2) is 30.6 Å². The van der Waals surface area contributed by atoms with Gasteiger partial charge in [-0.25, -0.2) is 0 Å². The number of ether oxygens (including phenoxy) is 2. The minimum absolute atomic E-state index is 0.125. The lowest BCUT2D eigenvalue weighted by molar-refractivity contribution is -0.278. The van der Waals surface area contributed by atoms with Gasteiger partial charge in [-0.2, -0.15) is 0 Å². The number of hydrogen-bond donors (Lipinski definition) is 0. The van der Waals surface area contributed by atoms with Crippen molar-refractivity contribution in [2.24, 2.45) is 17.3 Å². The van der Waals surface area contributed by atoms with Crippen molar-refractivity contribution in [2.75, 3.05) is 13.2 Å². The van der Waals surface area contributed by atoms with Crippen LogP contribution in [-0.2, 0) is 19.1 Å². The highest BCUT2D eigenvalue weighted by Crippen LogP contribution is 2.35. The standard InChI is InChI=1S/C30H58O4/c1-25(2)19-17-23-33-30(8,29(5,6)7)34-24-18-21-27(31)20-15-13-11-9-10-12-14-16-22-28(32)26(3)4/h25-26H,9-24H2,1-8H3. The van der Waals surface area contributed by atoms with Crippen molar-refractivity contribution in [3.63, 3.8) is 0 Å². The third-order valence-electron chi connectivity index (χ3n) is 6.92. The van der Waals surface area contributed by atoms with Crippen LogP contribution < -0.4 is 0 Å². The van der Waals surface area contributed by atoms with Crippen LogP contribution in [0.1, 0.15) is 145 Å². The Morgan fingerprint density at radius 3 is 1.53 bits per heavy atom. The van der Waals surface area contributed by atoms with Crippen LogP contribution >= 0.6 is 0 Å². The molecule has 0 rings (SSSR count). The topological polar surface area (TPSA) is 52.6 Å². The van der Waals surface area contributed by atoms with E-state index in [1.54, 1.807) is 0 Å². The summed E-state index contributed by atoms with van der Waals surface area (Å²) >= 11 is 0. The fourth-order valence-electron chi connectivity index (χ4n) is 3.87. The van der Waals surface area contributed by atoms with Crippen LogP contribution in [0.15, 0.2) is 0 Å². The van der Waals surface area contributed by atoms with Crippen LogP contribution in [0.5, 0.6) is 0 Å². The van der Waals surface area contributed by atoms with Crippen LogP contribution in [0.25, 0.3) is 0 Å². The van der Waals surface area contributed by atoms with E-state index in [0.29, 0.717) is 43.5 Å². The van der Waals surface area contributed by atoms with E-state index in [2.05, 4.69) is 34.6 Å². The lowest BCUT2D eigenvalue weighted by Crippen LogP contribution is -2.45. The quantitative estimate of drug-likeness (QED) is 0.114. The molecule has 0 aromatic heterocycles. The van der Waals surface area contributed by atoms with Crippen molar-refractivity contribution >= 4 is 11.6 Å². The Hall–Kier alpha value is -0.740. The molecular weight excluding hydrogens is 424 g/mol. The number of hydrogen-bond acceptors (Lipinski definition) is 4. The van der Waals surface area contributed by atoms with Gasteiger partial charge >= 0.3 is 0 Å². The molecule has 1 unspecified atom stereocenters. The first-order chi connectivity index (χ1) is 15.9. The lowest BCUT2D eigenvalue weighted by Gasteiger charge is -2.41. The molecule has 0 fully saturated rings. The monoisotopic (exact) mass is 482 g/mol. The van der Waals surface area contributed by atoms with Gasteiger partial charge in [0.15, 0.2) is 5.79 Å². The molecule has 0 aromatic carbocycles. The highest BCUT2D eigenvalue weighted by atomic mass is 16.7. The minimum Gasteiger partial charge on any atom is -0.350 e. The van der Waals surface area contributed by atoms with Gasteiger partial charge in [0, 0.05) is 30.6 Å². The molecule has 4 heteroatoms. The molecule has 0 spiro atoms. The molecule has 0 amide bonds. The lowest BCUT2D eigenvalue weighted by atomic mass is 9.86. The maximum atomic E-state index is 12.2. The van der Waals surface area contributed by atoms with E-state index in [0.717, 1.165) is 51.4 Å². The van der Waals surface area contributed by atoms with Crippen molar-refractivity contribution in [3.05, 3.63) is 0 Å². The predicted octanol–water partition coefficient (Wildman–Crippen LogP) is 8.69. The van der Waals surface area contributed by atoms with Gasteiger partial charge in [0.25, 0.3) is 0 Å². The summed E-state index contributed by atoms with van der Waals surface area (Å²) in [6.45, 7) is 18.2. The zero-order chi connectivity index (χ0) is 26.0. The Labute approximate surface area is 212 Å². The van der Waals surface area contributed by atoms with Crippen molar-refractivity contribution in [3.8, 4) is 0 Å². The summed E-state index contributed by atoms with van der Waals surface area (Å²) in [5, 5.41) is 0. The summed E-state index contributed by atoms with van der Waals surface area (Å²) < 4.78 is 12.4. The number of rotatable bonds is 22. The van der Waals surface area contributed by atoms with Gasteiger partial charge in [-0.05, 0) is 44.9 Å². The molecule has 0 N–H and O–H groups in total. The molecule has 0 bridgehead atoms. The number of Topliss-reactive ketones (excluding diaryl/α,β-unsaturated/α-hetero) is 2. The molecule has 0 aliphatic rings. The zero-order valence-corrected chi connectivity index (χ0v) is 24.1. The second-order valence-electron chi connectivity index (χ2n) is 12.0. The van der Waals surface area contributed by atoms with Gasteiger partial charge in [-0.3, -0.25) is 9.59 Å². The first-order valence-electron chi connectivity index (χ1n) is 14.2. The first-order valence-corrected chi connectivity index (χ1v) is 14.2. The molecule has 0 radical (unpaired) electrons. The molecule has 0 aliphatic carbocycles. The van der Waals surface area contributed by atoms with Gasteiger partial charge in [-0.1, -0.05) is 87.0 Å². The van der Waals surface area contributed by atoms with E-state index in [9.17, 15) is 9.59 Å². The summed E-state index contributed by atoms with van der Waals surface area (Å²) in [7, 11) is 0. The van der Waals surface area contributed by atoms with E-state index in [-0.39, 0.29) is 11.3 Å². The maximum absolute atomic E-state index is 12.2. The molecule has 0 saturated heterocycles. The average molecular weight is 483 g/mol. The second-order valence-corrected chi connectivity index (χ2v) is 12.0. The largest absolute Gasteiger partial charge is 0.350 e. The Balaban J connectivity index is 3.82. The third-order valence-corrected chi connectivity index (χ3v) is 6.92. The molecule has 34 heavy (non-hydrogen) atoms. The van der Waals surface area contributed by atoms with Crippen LogP contribution in [0, 0.1) is 17.3 Å². The molecule has 4 nitrogen and oxygen atoms in total. The number of carbonyl (C=O) groups excluding carboxylic acids is 2. The third kappa shape index (κ3) is 16.8. The van der Waals surface area contributed by atoms with Gasteiger partial charge in [0.2, 0.25) is 0 Å².